The maximum absolute atomic E-state index is 11.3. The molecule has 3 N–H and O–H groups in total. The second-order valence-electron chi connectivity index (χ2n) is 8.45. The molecule has 7 heteroatoms. The van der Waals surface area contributed by atoms with Crippen LogP contribution in [0.25, 0.3) is 22.0 Å². The van der Waals surface area contributed by atoms with Gasteiger partial charge in [-0.15, -0.1) is 0 Å². The van der Waals surface area contributed by atoms with E-state index >= 15 is 0 Å². The highest BCUT2D eigenvalue weighted by Gasteiger charge is 2.17. The molecule has 4 rings (SSSR count). The molecule has 0 radical (unpaired) electrons. The standard InChI is InChI=1S/C27H29N3O4/c1-17(2)30-25(16-34-26-14-22(33-3)9-7-21(26)13-27(31)32)23-12-20(8-10-24(23)29-30)19-6-4-5-18(11-19)15-28/h4-12,14,17H,13,15-16,28H2,1-3H3,(H,31,32). The van der Waals surface area contributed by atoms with Crippen molar-refractivity contribution in [2.45, 2.75) is 39.5 Å². The molecule has 0 aliphatic rings. The first-order chi connectivity index (χ1) is 16.4. The number of fused-ring (bicyclic) bond motifs is 1. The van der Waals surface area contributed by atoms with Crippen LogP contribution in [-0.4, -0.2) is 28.0 Å². The zero-order valence-electron chi connectivity index (χ0n) is 19.6. The van der Waals surface area contributed by atoms with E-state index in [0.717, 1.165) is 33.3 Å². The normalized spacial score (nSPS) is 11.2. The molecule has 0 amide bonds. The zero-order chi connectivity index (χ0) is 24.2. The van der Waals surface area contributed by atoms with Gasteiger partial charge in [-0.25, -0.2) is 0 Å². The lowest BCUT2D eigenvalue weighted by Crippen LogP contribution is -2.11. The third-order valence-electron chi connectivity index (χ3n) is 5.77. The predicted molar refractivity (Wildman–Crippen MR) is 132 cm³/mol. The van der Waals surface area contributed by atoms with Crippen LogP contribution in [0.2, 0.25) is 0 Å². The Kier molecular flexibility index (Phi) is 6.84. The molecule has 1 aromatic heterocycles. The monoisotopic (exact) mass is 459 g/mol. The summed E-state index contributed by atoms with van der Waals surface area (Å²) >= 11 is 0. The van der Waals surface area contributed by atoms with Gasteiger partial charge in [0.2, 0.25) is 0 Å². The lowest BCUT2D eigenvalue weighted by atomic mass is 10.0. The van der Waals surface area contributed by atoms with Crippen LogP contribution in [0.15, 0.2) is 60.7 Å². The van der Waals surface area contributed by atoms with Crippen molar-refractivity contribution in [2.24, 2.45) is 5.73 Å². The molecule has 0 bridgehead atoms. The summed E-state index contributed by atoms with van der Waals surface area (Å²) in [5.41, 5.74) is 11.5. The second-order valence-corrected chi connectivity index (χ2v) is 8.45. The Morgan fingerprint density at radius 1 is 1.09 bits per heavy atom. The fraction of sp³-hybridized carbons (Fsp3) is 0.259. The molecule has 0 saturated carbocycles. The molecule has 0 fully saturated rings. The summed E-state index contributed by atoms with van der Waals surface area (Å²) in [6, 6.07) is 19.7. The second kappa shape index (κ2) is 9.97. The third kappa shape index (κ3) is 4.89. The minimum atomic E-state index is -0.919. The zero-order valence-corrected chi connectivity index (χ0v) is 19.6. The van der Waals surface area contributed by atoms with Crippen molar-refractivity contribution in [3.63, 3.8) is 0 Å². The maximum Gasteiger partial charge on any atom is 0.307 e. The number of aliphatic carboxylic acids is 1. The van der Waals surface area contributed by atoms with Crippen LogP contribution in [-0.2, 0) is 24.4 Å². The van der Waals surface area contributed by atoms with Crippen LogP contribution >= 0.6 is 0 Å². The molecule has 0 atom stereocenters. The van der Waals surface area contributed by atoms with E-state index in [1.54, 1.807) is 25.3 Å². The Morgan fingerprint density at radius 2 is 1.88 bits per heavy atom. The number of rotatable bonds is 9. The largest absolute Gasteiger partial charge is 0.497 e. The Hall–Kier alpha value is -3.84. The highest BCUT2D eigenvalue weighted by molar-refractivity contribution is 5.87. The van der Waals surface area contributed by atoms with Gasteiger partial charge < -0.3 is 20.3 Å². The highest BCUT2D eigenvalue weighted by atomic mass is 16.5. The molecule has 3 aromatic carbocycles. The average Bonchev–Trinajstić information content (AvgIpc) is 3.21. The predicted octanol–water partition coefficient (Wildman–Crippen LogP) is 4.96. The molecular weight excluding hydrogens is 430 g/mol. The molecule has 0 aliphatic heterocycles. The van der Waals surface area contributed by atoms with E-state index in [4.69, 9.17) is 20.3 Å². The van der Waals surface area contributed by atoms with Crippen molar-refractivity contribution in [1.29, 1.82) is 0 Å². The molecule has 176 valence electrons. The Bertz CT molecular complexity index is 1330. The Balaban J connectivity index is 1.74. The van der Waals surface area contributed by atoms with Gasteiger partial charge >= 0.3 is 5.97 Å². The summed E-state index contributed by atoms with van der Waals surface area (Å²) in [5, 5.41) is 15.1. The van der Waals surface area contributed by atoms with Crippen LogP contribution in [0.5, 0.6) is 11.5 Å². The fourth-order valence-electron chi connectivity index (χ4n) is 4.03. The van der Waals surface area contributed by atoms with Gasteiger partial charge in [0.15, 0.2) is 0 Å². The van der Waals surface area contributed by atoms with Gasteiger partial charge in [0, 0.05) is 29.6 Å². The Morgan fingerprint density at radius 3 is 2.59 bits per heavy atom. The van der Waals surface area contributed by atoms with Crippen molar-refractivity contribution >= 4 is 16.9 Å². The van der Waals surface area contributed by atoms with Crippen LogP contribution in [0.4, 0.5) is 0 Å². The number of hydrogen-bond donors (Lipinski definition) is 2. The SMILES string of the molecule is COc1ccc(CC(=O)O)c(OCc2c3cc(-c4cccc(CN)c4)ccc3nn2C(C)C)c1. The number of aromatic nitrogens is 2. The average molecular weight is 460 g/mol. The number of nitrogens with two attached hydrogens (primary N) is 1. The lowest BCUT2D eigenvalue weighted by Gasteiger charge is -2.15. The van der Waals surface area contributed by atoms with Gasteiger partial charge in [0.1, 0.15) is 18.1 Å². The van der Waals surface area contributed by atoms with Crippen LogP contribution in [0.3, 0.4) is 0 Å². The molecule has 0 aliphatic carbocycles. The molecule has 0 saturated heterocycles. The number of carbonyl (C=O) groups is 1. The number of carboxylic acid groups (broad SMARTS) is 1. The quantitative estimate of drug-likeness (QED) is 0.367. The van der Waals surface area contributed by atoms with E-state index in [-0.39, 0.29) is 19.1 Å². The van der Waals surface area contributed by atoms with Gasteiger partial charge in [-0.2, -0.15) is 5.10 Å². The minimum Gasteiger partial charge on any atom is -0.497 e. The molecule has 0 unspecified atom stereocenters. The van der Waals surface area contributed by atoms with Gasteiger partial charge in [-0.05, 0) is 54.8 Å². The van der Waals surface area contributed by atoms with Crippen molar-refractivity contribution in [3.8, 4) is 22.6 Å². The first-order valence-corrected chi connectivity index (χ1v) is 11.2. The highest BCUT2D eigenvalue weighted by Crippen LogP contribution is 2.31. The van der Waals surface area contributed by atoms with E-state index < -0.39 is 5.97 Å². The van der Waals surface area contributed by atoms with Gasteiger partial charge in [0.05, 0.1) is 24.7 Å². The molecular formula is C27H29N3O4. The molecule has 0 spiro atoms. The number of carboxylic acids is 1. The summed E-state index contributed by atoms with van der Waals surface area (Å²) in [6.45, 7) is 4.87. The van der Waals surface area contributed by atoms with E-state index in [2.05, 4.69) is 38.1 Å². The maximum atomic E-state index is 11.3. The van der Waals surface area contributed by atoms with Gasteiger partial charge in [-0.3, -0.25) is 9.48 Å². The molecule has 4 aromatic rings. The van der Waals surface area contributed by atoms with Crippen molar-refractivity contribution in [3.05, 3.63) is 77.5 Å². The van der Waals surface area contributed by atoms with E-state index in [0.29, 0.717) is 23.6 Å². The number of ether oxygens (including phenoxy) is 2. The number of methoxy groups -OCH3 is 1. The summed E-state index contributed by atoms with van der Waals surface area (Å²) in [5.74, 6) is 0.170. The van der Waals surface area contributed by atoms with Gasteiger partial charge in [-0.1, -0.05) is 30.3 Å². The summed E-state index contributed by atoms with van der Waals surface area (Å²) in [4.78, 5) is 11.3. The topological polar surface area (TPSA) is 99.6 Å². The first-order valence-electron chi connectivity index (χ1n) is 11.2. The van der Waals surface area contributed by atoms with Crippen molar-refractivity contribution < 1.29 is 19.4 Å². The van der Waals surface area contributed by atoms with Gasteiger partial charge in [0.25, 0.3) is 0 Å². The van der Waals surface area contributed by atoms with Crippen LogP contribution in [0, 0.1) is 0 Å². The van der Waals surface area contributed by atoms with Crippen LogP contribution in [0.1, 0.15) is 36.7 Å². The number of benzene rings is 3. The summed E-state index contributed by atoms with van der Waals surface area (Å²) in [7, 11) is 1.57. The Labute approximate surface area is 198 Å². The molecule has 1 heterocycles. The van der Waals surface area contributed by atoms with E-state index in [1.807, 2.05) is 22.9 Å². The van der Waals surface area contributed by atoms with Crippen molar-refractivity contribution in [2.75, 3.05) is 7.11 Å². The fourth-order valence-corrected chi connectivity index (χ4v) is 4.03. The third-order valence-corrected chi connectivity index (χ3v) is 5.77. The van der Waals surface area contributed by atoms with Crippen molar-refractivity contribution in [1.82, 2.24) is 9.78 Å². The van der Waals surface area contributed by atoms with Crippen LogP contribution < -0.4 is 15.2 Å². The smallest absolute Gasteiger partial charge is 0.307 e. The summed E-state index contributed by atoms with van der Waals surface area (Å²) < 4.78 is 13.5. The van der Waals surface area contributed by atoms with E-state index in [1.165, 1.54) is 0 Å². The summed E-state index contributed by atoms with van der Waals surface area (Å²) in [6.07, 6.45) is -0.134. The molecule has 34 heavy (non-hydrogen) atoms. The molecule has 7 nitrogen and oxygen atoms in total. The van der Waals surface area contributed by atoms with E-state index in [9.17, 15) is 9.90 Å². The number of hydrogen-bond acceptors (Lipinski definition) is 5. The first kappa shape index (κ1) is 23.3. The number of nitrogens with zero attached hydrogens (tertiary/aromatic N) is 2. The lowest BCUT2D eigenvalue weighted by molar-refractivity contribution is -0.136. The minimum absolute atomic E-state index is 0.124.